The summed E-state index contributed by atoms with van der Waals surface area (Å²) in [5.74, 6) is -1.11. The standard InChI is InChI=1S/C31H31ClF4N4O3/c1-29(2,3)43-28(42)40-18-24-14-25(40)17-39(24)27(41)38-30(15-19-7-5-4-6-8-19,26-10-9-22(32)16-37-26)20-11-21(31(34,35)36)13-23(33)12-20/h4-13,16,24-25H,14-15,17-18H2,1-3H3,(H,38,41)/t24-,25-,30+/m0/s1. The van der Waals surface area contributed by atoms with E-state index in [1.165, 1.54) is 18.3 Å². The van der Waals surface area contributed by atoms with Crippen LogP contribution in [0, 0.1) is 5.82 Å². The number of halogens is 5. The monoisotopic (exact) mass is 618 g/mol. The van der Waals surface area contributed by atoms with Gasteiger partial charge in [-0.1, -0.05) is 41.9 Å². The molecule has 2 fully saturated rings. The highest BCUT2D eigenvalue weighted by atomic mass is 35.5. The van der Waals surface area contributed by atoms with Gasteiger partial charge in [-0.3, -0.25) is 4.98 Å². The van der Waals surface area contributed by atoms with Crippen LogP contribution in [0.4, 0.5) is 27.2 Å². The molecule has 3 heterocycles. The topological polar surface area (TPSA) is 74.8 Å². The molecule has 0 unspecified atom stereocenters. The molecule has 0 saturated carbocycles. The molecule has 3 atom stereocenters. The van der Waals surface area contributed by atoms with Crippen LogP contribution in [0.25, 0.3) is 0 Å². The van der Waals surface area contributed by atoms with Crippen molar-refractivity contribution in [3.8, 4) is 0 Å². The third-order valence-electron chi connectivity index (χ3n) is 7.64. The number of ether oxygens (including phenoxy) is 1. The summed E-state index contributed by atoms with van der Waals surface area (Å²) in [5.41, 5.74) is -2.90. The van der Waals surface area contributed by atoms with Crippen molar-refractivity contribution in [3.05, 3.63) is 100 Å². The zero-order valence-corrected chi connectivity index (χ0v) is 24.5. The Morgan fingerprint density at radius 2 is 1.63 bits per heavy atom. The van der Waals surface area contributed by atoms with Gasteiger partial charge >= 0.3 is 18.3 Å². The number of nitrogens with one attached hydrogen (secondary N) is 1. The van der Waals surface area contributed by atoms with E-state index >= 15 is 0 Å². The molecular weight excluding hydrogens is 588 g/mol. The number of carbonyl (C=O) groups is 2. The number of benzene rings is 2. The van der Waals surface area contributed by atoms with Gasteiger partial charge < -0.3 is 19.9 Å². The lowest BCUT2D eigenvalue weighted by molar-refractivity contribution is -0.137. The summed E-state index contributed by atoms with van der Waals surface area (Å²) >= 11 is 6.10. The SMILES string of the molecule is CC(C)(C)OC(=O)N1C[C@@H]2C[C@H]1CN2C(=O)N[C@](Cc1ccccc1)(c1cc(F)cc(C(F)(F)F)c1)c1ccc(Cl)cn1. The minimum Gasteiger partial charge on any atom is -0.444 e. The Balaban J connectivity index is 1.55. The van der Waals surface area contributed by atoms with Crippen LogP contribution >= 0.6 is 11.6 Å². The van der Waals surface area contributed by atoms with Gasteiger partial charge in [-0.05, 0) is 68.7 Å². The first kappa shape index (κ1) is 30.6. The second-order valence-electron chi connectivity index (χ2n) is 11.9. The number of likely N-dealkylation sites (tertiary alicyclic amines) is 2. The minimum absolute atomic E-state index is 0.0407. The van der Waals surface area contributed by atoms with Crippen LogP contribution < -0.4 is 5.32 Å². The third kappa shape index (κ3) is 6.56. The van der Waals surface area contributed by atoms with E-state index in [4.69, 9.17) is 16.3 Å². The molecular formula is C31H31ClF4N4O3. The van der Waals surface area contributed by atoms with Crippen molar-refractivity contribution in [1.29, 1.82) is 0 Å². The number of nitrogens with zero attached hydrogens (tertiary/aromatic N) is 3. The molecule has 1 N–H and O–H groups in total. The number of rotatable bonds is 5. The first-order valence-electron chi connectivity index (χ1n) is 13.8. The van der Waals surface area contributed by atoms with Crippen LogP contribution in [0.3, 0.4) is 0 Å². The first-order valence-corrected chi connectivity index (χ1v) is 14.1. The maximum absolute atomic E-state index is 14.9. The average molecular weight is 619 g/mol. The Bertz CT molecular complexity index is 1500. The molecule has 7 nitrogen and oxygen atoms in total. The van der Waals surface area contributed by atoms with Gasteiger partial charge in [0, 0.05) is 25.7 Å². The molecule has 1 aromatic heterocycles. The van der Waals surface area contributed by atoms with Crippen molar-refractivity contribution in [2.75, 3.05) is 13.1 Å². The Morgan fingerprint density at radius 1 is 0.977 bits per heavy atom. The summed E-state index contributed by atoms with van der Waals surface area (Å²) in [4.78, 5) is 34.3. The van der Waals surface area contributed by atoms with E-state index in [1.54, 1.807) is 60.9 Å². The lowest BCUT2D eigenvalue weighted by Crippen LogP contribution is -2.58. The Kier molecular flexibility index (Phi) is 8.06. The van der Waals surface area contributed by atoms with Crippen LogP contribution in [-0.4, -0.2) is 57.7 Å². The predicted molar refractivity (Wildman–Crippen MR) is 152 cm³/mol. The van der Waals surface area contributed by atoms with Gasteiger partial charge in [-0.15, -0.1) is 0 Å². The molecule has 0 aliphatic carbocycles. The second kappa shape index (κ2) is 11.3. The molecule has 3 amide bonds. The van der Waals surface area contributed by atoms with Crippen molar-refractivity contribution in [3.63, 3.8) is 0 Å². The summed E-state index contributed by atoms with van der Waals surface area (Å²) in [6.45, 7) is 5.75. The van der Waals surface area contributed by atoms with E-state index in [9.17, 15) is 27.2 Å². The van der Waals surface area contributed by atoms with Crippen molar-refractivity contribution < 1.29 is 31.9 Å². The van der Waals surface area contributed by atoms with Crippen LogP contribution in [0.5, 0.6) is 0 Å². The highest BCUT2D eigenvalue weighted by Crippen LogP contribution is 2.39. The molecule has 5 rings (SSSR count). The lowest BCUT2D eigenvalue weighted by atomic mass is 9.79. The van der Waals surface area contributed by atoms with Crippen molar-refractivity contribution in [1.82, 2.24) is 20.1 Å². The normalized spacial score (nSPS) is 19.7. The Labute approximate surface area is 251 Å². The third-order valence-corrected chi connectivity index (χ3v) is 7.87. The molecule has 228 valence electrons. The maximum atomic E-state index is 14.9. The van der Waals surface area contributed by atoms with Gasteiger partial charge in [-0.2, -0.15) is 13.2 Å². The summed E-state index contributed by atoms with van der Waals surface area (Å²) in [5, 5.41) is 3.23. The number of hydrogen-bond donors (Lipinski definition) is 1. The van der Waals surface area contributed by atoms with E-state index in [-0.39, 0.29) is 47.9 Å². The molecule has 12 heteroatoms. The predicted octanol–water partition coefficient (Wildman–Crippen LogP) is 6.78. The number of carbonyl (C=O) groups excluding carboxylic acids is 2. The maximum Gasteiger partial charge on any atom is 0.416 e. The fourth-order valence-electron chi connectivity index (χ4n) is 5.77. The van der Waals surface area contributed by atoms with Gasteiger partial charge in [0.25, 0.3) is 0 Å². The highest BCUT2D eigenvalue weighted by Gasteiger charge is 2.50. The number of piperazine rings is 1. The molecule has 0 spiro atoms. The fourth-order valence-corrected chi connectivity index (χ4v) is 5.88. The Morgan fingerprint density at radius 3 is 2.21 bits per heavy atom. The first-order chi connectivity index (χ1) is 20.1. The molecule has 0 radical (unpaired) electrons. The minimum atomic E-state index is -4.84. The van der Waals surface area contributed by atoms with Crippen molar-refractivity contribution in [2.24, 2.45) is 0 Å². The fraction of sp³-hybridized carbons (Fsp3) is 0.387. The smallest absolute Gasteiger partial charge is 0.416 e. The molecule has 2 saturated heterocycles. The van der Waals surface area contributed by atoms with Crippen LogP contribution in [0.2, 0.25) is 5.02 Å². The number of aromatic nitrogens is 1. The summed E-state index contributed by atoms with van der Waals surface area (Å²) < 4.78 is 62.1. The highest BCUT2D eigenvalue weighted by molar-refractivity contribution is 6.30. The number of fused-ring (bicyclic) bond motifs is 2. The number of urea groups is 1. The quantitative estimate of drug-likeness (QED) is 0.320. The van der Waals surface area contributed by atoms with Gasteiger partial charge in [0.2, 0.25) is 0 Å². The second-order valence-corrected chi connectivity index (χ2v) is 12.4. The van der Waals surface area contributed by atoms with Gasteiger partial charge in [0.1, 0.15) is 17.0 Å². The van der Waals surface area contributed by atoms with Gasteiger partial charge in [0.05, 0.1) is 28.4 Å². The summed E-state index contributed by atoms with van der Waals surface area (Å²) in [6.07, 6.45) is -3.50. The van der Waals surface area contributed by atoms with Crippen molar-refractivity contribution >= 4 is 23.7 Å². The Hall–Kier alpha value is -3.86. The van der Waals surface area contributed by atoms with Crippen molar-refractivity contribution in [2.45, 2.75) is 63.0 Å². The van der Waals surface area contributed by atoms with Crippen LogP contribution in [-0.2, 0) is 22.9 Å². The molecule has 3 aromatic rings. The van der Waals surface area contributed by atoms with Crippen LogP contribution in [0.1, 0.15) is 49.6 Å². The summed E-state index contributed by atoms with van der Waals surface area (Å²) in [6, 6.07) is 12.9. The zero-order valence-electron chi connectivity index (χ0n) is 23.8. The number of alkyl halides is 3. The van der Waals surface area contributed by atoms with Gasteiger partial charge in [-0.25, -0.2) is 14.0 Å². The van der Waals surface area contributed by atoms with E-state index < -0.39 is 40.8 Å². The number of amides is 3. The zero-order chi connectivity index (χ0) is 31.2. The van der Waals surface area contributed by atoms with E-state index in [2.05, 4.69) is 10.3 Å². The molecule has 2 aliphatic heterocycles. The molecule has 2 aromatic carbocycles. The summed E-state index contributed by atoms with van der Waals surface area (Å²) in [7, 11) is 0. The largest absolute Gasteiger partial charge is 0.444 e. The van der Waals surface area contributed by atoms with Crippen LogP contribution in [0.15, 0.2) is 66.9 Å². The number of hydrogen-bond acceptors (Lipinski definition) is 4. The molecule has 2 bridgehead atoms. The molecule has 43 heavy (non-hydrogen) atoms. The van der Waals surface area contributed by atoms with E-state index in [1.807, 2.05) is 0 Å². The lowest BCUT2D eigenvalue weighted by Gasteiger charge is -2.40. The number of pyridine rings is 1. The molecule has 2 aliphatic rings. The van der Waals surface area contributed by atoms with E-state index in [0.717, 1.165) is 12.1 Å². The van der Waals surface area contributed by atoms with Gasteiger partial charge in [0.15, 0.2) is 0 Å². The van der Waals surface area contributed by atoms with E-state index in [0.29, 0.717) is 18.1 Å². The average Bonchev–Trinajstić information content (AvgIpc) is 3.54.